The molecule has 0 saturated heterocycles. The first kappa shape index (κ1) is 12.5. The molecule has 0 bridgehead atoms. The van der Waals surface area contributed by atoms with Crippen molar-refractivity contribution in [1.29, 1.82) is 0 Å². The van der Waals surface area contributed by atoms with E-state index in [-0.39, 0.29) is 11.1 Å². The van der Waals surface area contributed by atoms with Gasteiger partial charge in [0, 0.05) is 28.7 Å². The van der Waals surface area contributed by atoms with Gasteiger partial charge in [0.25, 0.3) is 0 Å². The van der Waals surface area contributed by atoms with Crippen LogP contribution in [0.3, 0.4) is 0 Å². The average Bonchev–Trinajstić information content (AvgIpc) is 2.81. The fourth-order valence-electron chi connectivity index (χ4n) is 2.10. The lowest BCUT2D eigenvalue weighted by atomic mass is 10.0. The summed E-state index contributed by atoms with van der Waals surface area (Å²) in [5.41, 5.74) is 0.457. The molecule has 0 fully saturated rings. The summed E-state index contributed by atoms with van der Waals surface area (Å²) in [5.74, 6) is -2.82. The van der Waals surface area contributed by atoms with Gasteiger partial charge in [-0.2, -0.15) is 0 Å². The van der Waals surface area contributed by atoms with Crippen molar-refractivity contribution >= 4 is 16.7 Å². The van der Waals surface area contributed by atoms with E-state index < -0.39 is 23.2 Å². The van der Waals surface area contributed by atoms with Crippen LogP contribution in [0.4, 0.5) is 13.2 Å². The molecule has 1 N–H and O–H groups in total. The van der Waals surface area contributed by atoms with E-state index in [9.17, 15) is 18.0 Å². The van der Waals surface area contributed by atoms with Crippen LogP contribution >= 0.6 is 0 Å². The highest BCUT2D eigenvalue weighted by atomic mass is 19.1. The Bertz CT molecular complexity index is 823. The van der Waals surface area contributed by atoms with Crippen LogP contribution in [-0.2, 0) is 0 Å². The maximum atomic E-state index is 13.6. The topological polar surface area (TPSA) is 32.9 Å². The minimum atomic E-state index is -0.944. The molecule has 3 rings (SSSR count). The van der Waals surface area contributed by atoms with Crippen molar-refractivity contribution in [3.8, 4) is 0 Å². The van der Waals surface area contributed by atoms with Gasteiger partial charge in [0.2, 0.25) is 0 Å². The number of fused-ring (bicyclic) bond motifs is 1. The smallest absolute Gasteiger partial charge is 0.198 e. The number of carbonyl (C=O) groups excluding carboxylic acids is 1. The molecule has 0 amide bonds. The standard InChI is InChI=1S/C15H8F3NO/c16-8-2-4-14-11(5-8)12(7-19-14)15(20)10-3-1-9(17)6-13(10)18/h1-7,19H. The van der Waals surface area contributed by atoms with Crippen molar-refractivity contribution in [3.05, 3.63) is 71.2 Å². The fraction of sp³-hybridized carbons (Fsp3) is 0. The zero-order valence-corrected chi connectivity index (χ0v) is 10.1. The van der Waals surface area contributed by atoms with Crippen LogP contribution in [0.2, 0.25) is 0 Å². The van der Waals surface area contributed by atoms with Crippen LogP contribution in [-0.4, -0.2) is 10.8 Å². The molecule has 1 heterocycles. The predicted octanol–water partition coefficient (Wildman–Crippen LogP) is 3.82. The van der Waals surface area contributed by atoms with Gasteiger partial charge in [-0.05, 0) is 30.3 Å². The Kier molecular flexibility index (Phi) is 2.82. The third kappa shape index (κ3) is 1.97. The van der Waals surface area contributed by atoms with Crippen LogP contribution in [0.15, 0.2) is 42.6 Å². The SMILES string of the molecule is O=C(c1ccc(F)cc1F)c1c[nH]c2ccc(F)cc12. The number of hydrogen-bond donors (Lipinski definition) is 1. The summed E-state index contributed by atoms with van der Waals surface area (Å²) in [7, 11) is 0. The summed E-state index contributed by atoms with van der Waals surface area (Å²) in [5, 5.41) is 0.360. The Morgan fingerprint density at radius 1 is 0.900 bits per heavy atom. The van der Waals surface area contributed by atoms with Crippen molar-refractivity contribution in [2.45, 2.75) is 0 Å². The maximum Gasteiger partial charge on any atom is 0.198 e. The molecule has 0 saturated carbocycles. The van der Waals surface area contributed by atoms with Crippen LogP contribution in [0.5, 0.6) is 0 Å². The monoisotopic (exact) mass is 275 g/mol. The number of carbonyl (C=O) groups is 1. The molecule has 0 radical (unpaired) electrons. The highest BCUT2D eigenvalue weighted by Crippen LogP contribution is 2.23. The minimum absolute atomic E-state index is 0.144. The number of H-pyrrole nitrogens is 1. The maximum absolute atomic E-state index is 13.6. The van der Waals surface area contributed by atoms with Gasteiger partial charge in [-0.1, -0.05) is 0 Å². The largest absolute Gasteiger partial charge is 0.360 e. The zero-order valence-electron chi connectivity index (χ0n) is 10.1. The van der Waals surface area contributed by atoms with E-state index in [1.807, 2.05) is 0 Å². The molecule has 3 aromatic rings. The van der Waals surface area contributed by atoms with E-state index in [0.717, 1.165) is 12.1 Å². The van der Waals surface area contributed by atoms with Gasteiger partial charge in [0.15, 0.2) is 5.78 Å². The molecular formula is C15H8F3NO. The summed E-state index contributed by atoms with van der Waals surface area (Å²) < 4.78 is 39.7. The molecule has 2 nitrogen and oxygen atoms in total. The number of ketones is 1. The predicted molar refractivity (Wildman–Crippen MR) is 68.0 cm³/mol. The Labute approximate surface area is 111 Å². The lowest BCUT2D eigenvalue weighted by Gasteiger charge is -2.02. The second-order valence-corrected chi connectivity index (χ2v) is 4.35. The van der Waals surface area contributed by atoms with Gasteiger partial charge in [-0.15, -0.1) is 0 Å². The Hall–Kier alpha value is -2.56. The van der Waals surface area contributed by atoms with Gasteiger partial charge in [-0.25, -0.2) is 13.2 Å². The van der Waals surface area contributed by atoms with Gasteiger partial charge in [-0.3, -0.25) is 4.79 Å². The quantitative estimate of drug-likeness (QED) is 0.709. The molecule has 20 heavy (non-hydrogen) atoms. The van der Waals surface area contributed by atoms with E-state index in [0.29, 0.717) is 17.0 Å². The van der Waals surface area contributed by atoms with Crippen molar-refractivity contribution in [2.75, 3.05) is 0 Å². The average molecular weight is 275 g/mol. The summed E-state index contributed by atoms with van der Waals surface area (Å²) in [6.07, 6.45) is 1.38. The van der Waals surface area contributed by atoms with Gasteiger partial charge in [0.1, 0.15) is 17.5 Å². The summed E-state index contributed by atoms with van der Waals surface area (Å²) in [6, 6.07) is 6.66. The lowest BCUT2D eigenvalue weighted by Crippen LogP contribution is -2.04. The van der Waals surface area contributed by atoms with Crippen LogP contribution < -0.4 is 0 Å². The van der Waals surface area contributed by atoms with Crippen LogP contribution in [0.1, 0.15) is 15.9 Å². The number of rotatable bonds is 2. The Morgan fingerprint density at radius 2 is 1.60 bits per heavy atom. The Balaban J connectivity index is 2.15. The first-order valence-electron chi connectivity index (χ1n) is 5.82. The van der Waals surface area contributed by atoms with E-state index in [1.54, 1.807) is 0 Å². The third-order valence-corrected chi connectivity index (χ3v) is 3.06. The molecule has 2 aromatic carbocycles. The van der Waals surface area contributed by atoms with Crippen molar-refractivity contribution < 1.29 is 18.0 Å². The summed E-state index contributed by atoms with van der Waals surface area (Å²) in [6.45, 7) is 0. The Morgan fingerprint density at radius 3 is 2.35 bits per heavy atom. The molecule has 0 aliphatic rings. The molecule has 0 spiro atoms. The molecule has 0 atom stereocenters. The number of benzene rings is 2. The molecule has 0 aliphatic heterocycles. The van der Waals surface area contributed by atoms with Crippen LogP contribution in [0.25, 0.3) is 10.9 Å². The number of nitrogens with one attached hydrogen (secondary N) is 1. The van der Waals surface area contributed by atoms with E-state index in [2.05, 4.69) is 4.98 Å². The molecule has 0 aliphatic carbocycles. The number of aromatic amines is 1. The zero-order chi connectivity index (χ0) is 14.3. The summed E-state index contributed by atoms with van der Waals surface area (Å²) >= 11 is 0. The lowest BCUT2D eigenvalue weighted by molar-refractivity contribution is 0.103. The van der Waals surface area contributed by atoms with E-state index in [4.69, 9.17) is 0 Å². The molecule has 1 aromatic heterocycles. The van der Waals surface area contributed by atoms with Crippen molar-refractivity contribution in [3.63, 3.8) is 0 Å². The first-order valence-corrected chi connectivity index (χ1v) is 5.82. The van der Waals surface area contributed by atoms with Crippen molar-refractivity contribution in [1.82, 2.24) is 4.98 Å². The second-order valence-electron chi connectivity index (χ2n) is 4.35. The van der Waals surface area contributed by atoms with Crippen molar-refractivity contribution in [2.24, 2.45) is 0 Å². The summed E-state index contributed by atoms with van der Waals surface area (Å²) in [4.78, 5) is 15.1. The highest BCUT2D eigenvalue weighted by Gasteiger charge is 2.18. The first-order chi connectivity index (χ1) is 9.56. The normalized spacial score (nSPS) is 10.9. The molecule has 5 heteroatoms. The van der Waals surface area contributed by atoms with E-state index in [1.165, 1.54) is 24.4 Å². The highest BCUT2D eigenvalue weighted by molar-refractivity contribution is 6.16. The van der Waals surface area contributed by atoms with E-state index >= 15 is 0 Å². The van der Waals surface area contributed by atoms with Gasteiger partial charge in [0.05, 0.1) is 5.56 Å². The second kappa shape index (κ2) is 4.52. The third-order valence-electron chi connectivity index (χ3n) is 3.06. The van der Waals surface area contributed by atoms with Gasteiger partial charge < -0.3 is 4.98 Å². The molecule has 0 unspecified atom stereocenters. The van der Waals surface area contributed by atoms with Gasteiger partial charge >= 0.3 is 0 Å². The minimum Gasteiger partial charge on any atom is -0.360 e. The molecular weight excluding hydrogens is 267 g/mol. The number of halogens is 3. The molecule has 100 valence electrons. The fourth-order valence-corrected chi connectivity index (χ4v) is 2.10. The number of hydrogen-bond acceptors (Lipinski definition) is 1. The van der Waals surface area contributed by atoms with Crippen LogP contribution in [0, 0.1) is 17.5 Å². The number of aromatic nitrogens is 1.